The third-order valence-corrected chi connectivity index (χ3v) is 5.66. The molecule has 0 amide bonds. The van der Waals surface area contributed by atoms with Crippen molar-refractivity contribution in [3.8, 4) is 11.8 Å². The van der Waals surface area contributed by atoms with E-state index < -0.39 is 11.0 Å². The number of allylic oxidation sites excluding steroid dienone is 1. The fourth-order valence-electron chi connectivity index (χ4n) is 3.90. The Morgan fingerprint density at radius 1 is 1.39 bits per heavy atom. The molecule has 3 aliphatic rings. The molecule has 0 spiro atoms. The van der Waals surface area contributed by atoms with Crippen molar-refractivity contribution in [1.82, 2.24) is 4.90 Å². The van der Waals surface area contributed by atoms with E-state index in [9.17, 15) is 9.90 Å². The molecule has 3 aliphatic heterocycles. The Balaban J connectivity index is 1.77. The molecule has 28 heavy (non-hydrogen) atoms. The number of benzene rings is 1. The van der Waals surface area contributed by atoms with Gasteiger partial charge in [-0.1, -0.05) is 30.0 Å². The van der Waals surface area contributed by atoms with Crippen molar-refractivity contribution < 1.29 is 14.6 Å². The first-order chi connectivity index (χ1) is 13.2. The van der Waals surface area contributed by atoms with Gasteiger partial charge < -0.3 is 9.84 Å². The number of esters is 1. The summed E-state index contributed by atoms with van der Waals surface area (Å²) in [6, 6.07) is 5.91. The lowest BCUT2D eigenvalue weighted by atomic mass is 9.75. The van der Waals surface area contributed by atoms with Gasteiger partial charge in [-0.05, 0) is 70.3 Å². The van der Waals surface area contributed by atoms with Crippen LogP contribution in [0.25, 0.3) is 0 Å². The predicted molar refractivity (Wildman–Crippen MR) is 111 cm³/mol. The third kappa shape index (κ3) is 4.66. The average Bonchev–Trinajstić information content (AvgIpc) is 2.65. The predicted octanol–water partition coefficient (Wildman–Crippen LogP) is 3.31. The van der Waals surface area contributed by atoms with E-state index in [1.165, 1.54) is 0 Å². The normalized spacial score (nSPS) is 26.3. The van der Waals surface area contributed by atoms with Gasteiger partial charge in [-0.25, -0.2) is 0 Å². The lowest BCUT2D eigenvalue weighted by Gasteiger charge is -2.47. The van der Waals surface area contributed by atoms with E-state index in [4.69, 9.17) is 4.74 Å². The van der Waals surface area contributed by atoms with Crippen LogP contribution in [0.4, 0.5) is 0 Å². The van der Waals surface area contributed by atoms with Crippen LogP contribution in [0.15, 0.2) is 30.9 Å². The Morgan fingerprint density at radius 2 is 2.11 bits per heavy atom. The van der Waals surface area contributed by atoms with Gasteiger partial charge >= 0.3 is 5.97 Å². The van der Waals surface area contributed by atoms with Crippen LogP contribution >= 0.6 is 0 Å². The standard InChI is InChI=1S/C24H31NO3/c1-5-6-20-15-18(16-28-22(26)23(2,3)4)7-8-19(20)9-12-24(27)17-25-13-10-21(24)11-14-25/h5,7-8,15,21,27H,1,6,10-11,13-14,16-17H2,2-4H3. The number of rotatable bonds is 4. The van der Waals surface area contributed by atoms with Crippen LogP contribution < -0.4 is 0 Å². The minimum Gasteiger partial charge on any atom is -0.460 e. The van der Waals surface area contributed by atoms with E-state index >= 15 is 0 Å². The second-order valence-corrected chi connectivity index (χ2v) is 9.04. The lowest BCUT2D eigenvalue weighted by molar-refractivity contribution is -0.154. The van der Waals surface area contributed by atoms with Gasteiger partial charge in [0.2, 0.25) is 0 Å². The Morgan fingerprint density at radius 3 is 2.68 bits per heavy atom. The second-order valence-electron chi connectivity index (χ2n) is 9.04. The SMILES string of the molecule is C=CCc1cc(COC(=O)C(C)(C)C)ccc1C#CC1(O)CN2CCC1CC2. The first-order valence-electron chi connectivity index (χ1n) is 10.1. The summed E-state index contributed by atoms with van der Waals surface area (Å²) < 4.78 is 5.42. The van der Waals surface area contributed by atoms with Gasteiger partial charge in [0.15, 0.2) is 0 Å². The van der Waals surface area contributed by atoms with Crippen LogP contribution in [-0.2, 0) is 22.6 Å². The second kappa shape index (κ2) is 8.11. The molecule has 1 N–H and O–H groups in total. The molecule has 0 aliphatic carbocycles. The molecule has 0 aromatic heterocycles. The molecule has 2 bridgehead atoms. The maximum Gasteiger partial charge on any atom is 0.311 e. The highest BCUT2D eigenvalue weighted by Crippen LogP contribution is 2.35. The Kier molecular flexibility index (Phi) is 5.98. The molecule has 150 valence electrons. The molecule has 3 fully saturated rings. The number of hydrogen-bond acceptors (Lipinski definition) is 4. The van der Waals surface area contributed by atoms with Gasteiger partial charge in [0.25, 0.3) is 0 Å². The number of ether oxygens (including phenoxy) is 1. The molecule has 4 rings (SSSR count). The van der Waals surface area contributed by atoms with E-state index in [0.29, 0.717) is 13.0 Å². The first-order valence-corrected chi connectivity index (χ1v) is 10.1. The van der Waals surface area contributed by atoms with Crippen molar-refractivity contribution in [1.29, 1.82) is 0 Å². The molecule has 3 saturated heterocycles. The molecule has 0 radical (unpaired) electrons. The van der Waals surface area contributed by atoms with E-state index in [-0.39, 0.29) is 18.5 Å². The average molecular weight is 382 g/mol. The zero-order valence-corrected chi connectivity index (χ0v) is 17.3. The summed E-state index contributed by atoms with van der Waals surface area (Å²) in [5.41, 5.74) is 1.44. The van der Waals surface area contributed by atoms with E-state index in [1.807, 2.05) is 45.0 Å². The van der Waals surface area contributed by atoms with Crippen molar-refractivity contribution in [2.24, 2.45) is 11.3 Å². The number of fused-ring (bicyclic) bond motifs is 3. The Bertz CT molecular complexity index is 803. The van der Waals surface area contributed by atoms with Crippen molar-refractivity contribution in [2.45, 2.75) is 52.2 Å². The zero-order chi connectivity index (χ0) is 20.4. The molecule has 1 atom stereocenters. The first kappa shape index (κ1) is 20.6. The fourth-order valence-corrected chi connectivity index (χ4v) is 3.90. The van der Waals surface area contributed by atoms with Gasteiger partial charge in [0, 0.05) is 18.0 Å². The molecular formula is C24H31NO3. The molecule has 1 unspecified atom stereocenters. The number of hydrogen-bond donors (Lipinski definition) is 1. The summed E-state index contributed by atoms with van der Waals surface area (Å²) in [6.07, 6.45) is 4.55. The van der Waals surface area contributed by atoms with Crippen molar-refractivity contribution in [2.75, 3.05) is 19.6 Å². The summed E-state index contributed by atoms with van der Waals surface area (Å²) in [4.78, 5) is 14.3. The smallest absolute Gasteiger partial charge is 0.311 e. The zero-order valence-electron chi connectivity index (χ0n) is 17.3. The number of piperidine rings is 3. The molecule has 4 heteroatoms. The van der Waals surface area contributed by atoms with Gasteiger partial charge in [-0.3, -0.25) is 9.69 Å². The topological polar surface area (TPSA) is 49.8 Å². The summed E-state index contributed by atoms with van der Waals surface area (Å²) in [6.45, 7) is 12.4. The Labute approximate surface area is 168 Å². The fraction of sp³-hybridized carbons (Fsp3) is 0.542. The highest BCUT2D eigenvalue weighted by Gasteiger charge is 2.44. The van der Waals surface area contributed by atoms with E-state index in [0.717, 1.165) is 42.6 Å². The van der Waals surface area contributed by atoms with Crippen molar-refractivity contribution in [3.05, 3.63) is 47.5 Å². The van der Waals surface area contributed by atoms with Crippen LogP contribution in [0.1, 0.15) is 50.3 Å². The van der Waals surface area contributed by atoms with Crippen LogP contribution in [0.2, 0.25) is 0 Å². The number of carbonyl (C=O) groups excluding carboxylic acids is 1. The molecule has 0 saturated carbocycles. The quantitative estimate of drug-likeness (QED) is 0.494. The van der Waals surface area contributed by atoms with Gasteiger partial charge in [0.1, 0.15) is 12.2 Å². The van der Waals surface area contributed by atoms with Gasteiger partial charge in [-0.2, -0.15) is 0 Å². The maximum atomic E-state index is 12.0. The number of aliphatic hydroxyl groups is 1. The van der Waals surface area contributed by atoms with Crippen LogP contribution in [0.3, 0.4) is 0 Å². The summed E-state index contributed by atoms with van der Waals surface area (Å²) in [5, 5.41) is 11.0. The highest BCUT2D eigenvalue weighted by atomic mass is 16.5. The van der Waals surface area contributed by atoms with Gasteiger partial charge in [-0.15, -0.1) is 6.58 Å². The van der Waals surface area contributed by atoms with E-state index in [2.05, 4.69) is 23.3 Å². The van der Waals surface area contributed by atoms with Crippen LogP contribution in [0.5, 0.6) is 0 Å². The Hall–Kier alpha value is -2.09. The maximum absolute atomic E-state index is 12.0. The molecule has 1 aromatic rings. The third-order valence-electron chi connectivity index (χ3n) is 5.66. The van der Waals surface area contributed by atoms with E-state index in [1.54, 1.807) is 0 Å². The lowest BCUT2D eigenvalue weighted by Crippen LogP contribution is -2.58. The van der Waals surface area contributed by atoms with Crippen molar-refractivity contribution in [3.63, 3.8) is 0 Å². The number of carbonyl (C=O) groups is 1. The highest BCUT2D eigenvalue weighted by molar-refractivity contribution is 5.75. The van der Waals surface area contributed by atoms with Gasteiger partial charge in [0.05, 0.1) is 5.41 Å². The van der Waals surface area contributed by atoms with Crippen LogP contribution in [0, 0.1) is 23.2 Å². The molecule has 1 aromatic carbocycles. The number of nitrogens with zero attached hydrogens (tertiary/aromatic N) is 1. The molecular weight excluding hydrogens is 350 g/mol. The monoisotopic (exact) mass is 381 g/mol. The summed E-state index contributed by atoms with van der Waals surface area (Å²) >= 11 is 0. The van der Waals surface area contributed by atoms with Crippen LogP contribution in [-0.4, -0.2) is 41.2 Å². The van der Waals surface area contributed by atoms with Crippen molar-refractivity contribution >= 4 is 5.97 Å². The molecule has 3 heterocycles. The minimum atomic E-state index is -0.914. The largest absolute Gasteiger partial charge is 0.460 e. The molecule has 4 nitrogen and oxygen atoms in total. The summed E-state index contributed by atoms with van der Waals surface area (Å²) in [5.74, 6) is 6.46. The summed E-state index contributed by atoms with van der Waals surface area (Å²) in [7, 11) is 0. The minimum absolute atomic E-state index is 0.216.